The van der Waals surface area contributed by atoms with Gasteiger partial charge in [-0.2, -0.15) is 0 Å². The van der Waals surface area contributed by atoms with Crippen molar-refractivity contribution in [3.8, 4) is 0 Å². The molecule has 1 heteroatoms. The van der Waals surface area contributed by atoms with Gasteiger partial charge >= 0.3 is 0 Å². The summed E-state index contributed by atoms with van der Waals surface area (Å²) in [5.74, 6) is 1.73. The molecule has 0 spiro atoms. The van der Waals surface area contributed by atoms with Crippen LogP contribution in [0.25, 0.3) is 5.57 Å². The molecule has 1 nitrogen and oxygen atoms in total. The Morgan fingerprint density at radius 1 is 1.10 bits per heavy atom. The monoisotopic (exact) mass is 284 g/mol. The number of fused-ring (bicyclic) bond motifs is 1. The van der Waals surface area contributed by atoms with Gasteiger partial charge in [-0.1, -0.05) is 52.0 Å². The van der Waals surface area contributed by atoms with E-state index in [1.165, 1.54) is 22.3 Å². The second-order valence-corrected chi connectivity index (χ2v) is 6.88. The van der Waals surface area contributed by atoms with E-state index in [-0.39, 0.29) is 0 Å². The van der Waals surface area contributed by atoms with Crippen molar-refractivity contribution in [1.82, 2.24) is 0 Å². The molecule has 3 rings (SSSR count). The summed E-state index contributed by atoms with van der Waals surface area (Å²) in [4.78, 5) is 0. The number of hydrogen-bond acceptors (Lipinski definition) is 1. The molecule has 5 unspecified atom stereocenters. The molecule has 1 fully saturated rings. The zero-order valence-corrected chi connectivity index (χ0v) is 14.0. The zero-order chi connectivity index (χ0) is 15.1. The van der Waals surface area contributed by atoms with E-state index in [2.05, 4.69) is 58.9 Å². The van der Waals surface area contributed by atoms with Crippen molar-refractivity contribution in [2.75, 3.05) is 0 Å². The molecular formula is C20H28O. The van der Waals surface area contributed by atoms with Gasteiger partial charge in [-0.3, -0.25) is 0 Å². The smallest absolute Gasteiger partial charge is 0.0711 e. The number of aryl methyl sites for hydroxylation is 1. The largest absolute Gasteiger partial charge is 0.373 e. The van der Waals surface area contributed by atoms with Crippen molar-refractivity contribution in [1.29, 1.82) is 0 Å². The quantitative estimate of drug-likeness (QED) is 0.728. The normalized spacial score (nSPS) is 34.9. The van der Waals surface area contributed by atoms with Crippen molar-refractivity contribution in [2.24, 2.45) is 11.8 Å². The molecule has 1 aromatic rings. The summed E-state index contributed by atoms with van der Waals surface area (Å²) in [7, 11) is 0. The van der Waals surface area contributed by atoms with E-state index in [1.54, 1.807) is 0 Å². The number of allylic oxidation sites excluding steroid dienone is 1. The fraction of sp³-hybridized carbons (Fsp3) is 0.600. The van der Waals surface area contributed by atoms with E-state index in [9.17, 15) is 0 Å². The van der Waals surface area contributed by atoms with Gasteiger partial charge in [0.2, 0.25) is 0 Å². The summed E-state index contributed by atoms with van der Waals surface area (Å²) in [5.41, 5.74) is 5.91. The van der Waals surface area contributed by atoms with E-state index in [1.807, 2.05) is 0 Å². The Bertz CT molecular complexity index is 557. The Morgan fingerprint density at radius 3 is 2.48 bits per heavy atom. The Labute approximate surface area is 129 Å². The molecule has 0 saturated carbocycles. The van der Waals surface area contributed by atoms with Gasteiger partial charge < -0.3 is 4.74 Å². The third-order valence-corrected chi connectivity index (χ3v) is 5.77. The molecule has 0 N–H and O–H groups in total. The average Bonchev–Trinajstić information content (AvgIpc) is 2.99. The maximum Gasteiger partial charge on any atom is 0.0711 e. The van der Waals surface area contributed by atoms with Crippen LogP contribution in [0, 0.1) is 18.8 Å². The van der Waals surface area contributed by atoms with Crippen LogP contribution in [0.5, 0.6) is 0 Å². The lowest BCUT2D eigenvalue weighted by Crippen LogP contribution is -2.22. The predicted molar refractivity (Wildman–Crippen MR) is 89.5 cm³/mol. The molecule has 0 aromatic heterocycles. The van der Waals surface area contributed by atoms with E-state index in [0.29, 0.717) is 30.0 Å². The van der Waals surface area contributed by atoms with Crippen LogP contribution in [0.15, 0.2) is 24.3 Å². The third-order valence-electron chi connectivity index (χ3n) is 5.77. The molecule has 1 aliphatic heterocycles. The molecular weight excluding hydrogens is 256 g/mol. The first-order chi connectivity index (χ1) is 10.1. The number of ether oxygens (including phenoxy) is 1. The first-order valence-electron chi connectivity index (χ1n) is 8.54. The van der Waals surface area contributed by atoms with Crippen molar-refractivity contribution in [3.63, 3.8) is 0 Å². The van der Waals surface area contributed by atoms with Gasteiger partial charge in [-0.25, -0.2) is 0 Å². The van der Waals surface area contributed by atoms with Gasteiger partial charge in [0, 0.05) is 5.92 Å². The molecule has 0 bridgehead atoms. The maximum absolute atomic E-state index is 6.46. The molecule has 1 saturated heterocycles. The Morgan fingerprint density at radius 2 is 1.86 bits per heavy atom. The second-order valence-electron chi connectivity index (χ2n) is 6.88. The minimum absolute atomic E-state index is 0.342. The van der Waals surface area contributed by atoms with Crippen LogP contribution < -0.4 is 0 Å². The summed E-state index contributed by atoms with van der Waals surface area (Å²) < 4.78 is 6.46. The number of hydrogen-bond donors (Lipinski definition) is 0. The summed E-state index contributed by atoms with van der Waals surface area (Å²) in [5, 5.41) is 0. The standard InChI is InChI=1S/C20H28O/c1-6-15-11-17(16-10-8-9-12(3)19(15)16)20-14(5)13(4)18(7-2)21-20/h8-11,13-14,17-18,20H,6-7H2,1-5H3. The lowest BCUT2D eigenvalue weighted by atomic mass is 9.82. The van der Waals surface area contributed by atoms with E-state index < -0.39 is 0 Å². The Balaban J connectivity index is 1.98. The van der Waals surface area contributed by atoms with E-state index in [0.717, 1.165) is 12.8 Å². The molecule has 0 amide bonds. The van der Waals surface area contributed by atoms with Crippen LogP contribution in [0.3, 0.4) is 0 Å². The first kappa shape index (κ1) is 14.8. The summed E-state index contributed by atoms with van der Waals surface area (Å²) in [6.07, 6.45) is 5.50. The highest BCUT2D eigenvalue weighted by molar-refractivity contribution is 5.77. The van der Waals surface area contributed by atoms with Crippen molar-refractivity contribution in [3.05, 3.63) is 41.0 Å². The highest BCUT2D eigenvalue weighted by Crippen LogP contribution is 2.47. The van der Waals surface area contributed by atoms with Crippen LogP contribution in [0.4, 0.5) is 0 Å². The zero-order valence-electron chi connectivity index (χ0n) is 14.0. The van der Waals surface area contributed by atoms with Gasteiger partial charge in [0.1, 0.15) is 0 Å². The highest BCUT2D eigenvalue weighted by Gasteiger charge is 2.43. The van der Waals surface area contributed by atoms with Crippen LogP contribution in [-0.2, 0) is 4.74 Å². The fourth-order valence-electron chi connectivity index (χ4n) is 4.33. The maximum atomic E-state index is 6.46. The van der Waals surface area contributed by atoms with Crippen LogP contribution >= 0.6 is 0 Å². The molecule has 1 aliphatic carbocycles. The van der Waals surface area contributed by atoms with Crippen LogP contribution in [0.2, 0.25) is 0 Å². The third kappa shape index (κ3) is 2.26. The minimum atomic E-state index is 0.342. The average molecular weight is 284 g/mol. The SMILES string of the molecule is CCC1=CC(C2OC(CC)C(C)C2C)c2cccc(C)c21. The van der Waals surface area contributed by atoms with Crippen LogP contribution in [-0.4, -0.2) is 12.2 Å². The summed E-state index contributed by atoms with van der Waals surface area (Å²) >= 11 is 0. The lowest BCUT2D eigenvalue weighted by molar-refractivity contribution is 0.0219. The van der Waals surface area contributed by atoms with Crippen molar-refractivity contribution >= 4 is 5.57 Å². The van der Waals surface area contributed by atoms with Gasteiger partial charge in [0.25, 0.3) is 0 Å². The van der Waals surface area contributed by atoms with E-state index >= 15 is 0 Å². The molecule has 2 aliphatic rings. The Kier molecular flexibility index (Phi) is 3.96. The van der Waals surface area contributed by atoms with Gasteiger partial charge in [-0.05, 0) is 53.9 Å². The molecule has 0 radical (unpaired) electrons. The van der Waals surface area contributed by atoms with Gasteiger partial charge in [0.05, 0.1) is 12.2 Å². The molecule has 114 valence electrons. The fourth-order valence-corrected chi connectivity index (χ4v) is 4.33. The molecule has 5 atom stereocenters. The van der Waals surface area contributed by atoms with Gasteiger partial charge in [-0.15, -0.1) is 0 Å². The predicted octanol–water partition coefficient (Wildman–Crippen LogP) is 5.34. The first-order valence-corrected chi connectivity index (χ1v) is 8.54. The van der Waals surface area contributed by atoms with Crippen LogP contribution in [0.1, 0.15) is 63.1 Å². The summed E-state index contributed by atoms with van der Waals surface area (Å²) in [6, 6.07) is 6.75. The highest BCUT2D eigenvalue weighted by atomic mass is 16.5. The lowest BCUT2D eigenvalue weighted by Gasteiger charge is -2.23. The molecule has 21 heavy (non-hydrogen) atoms. The molecule has 1 aromatic carbocycles. The van der Waals surface area contributed by atoms with Crippen molar-refractivity contribution < 1.29 is 4.74 Å². The summed E-state index contributed by atoms with van der Waals surface area (Å²) in [6.45, 7) is 11.5. The number of benzene rings is 1. The van der Waals surface area contributed by atoms with Gasteiger partial charge in [0.15, 0.2) is 0 Å². The molecule has 1 heterocycles. The van der Waals surface area contributed by atoms with E-state index in [4.69, 9.17) is 4.74 Å². The Hall–Kier alpha value is -1.08. The number of rotatable bonds is 3. The second kappa shape index (κ2) is 5.61. The minimum Gasteiger partial charge on any atom is -0.373 e. The topological polar surface area (TPSA) is 9.23 Å². The van der Waals surface area contributed by atoms with Crippen molar-refractivity contribution in [2.45, 2.75) is 65.6 Å².